The van der Waals surface area contributed by atoms with Crippen LogP contribution in [-0.2, 0) is 6.18 Å². The van der Waals surface area contributed by atoms with Crippen LogP contribution in [0.1, 0.15) is 5.56 Å². The summed E-state index contributed by atoms with van der Waals surface area (Å²) in [6.45, 7) is 2.75. The Bertz CT molecular complexity index is 622. The lowest BCUT2D eigenvalue weighted by molar-refractivity contribution is -0.137. The zero-order valence-corrected chi connectivity index (χ0v) is 11.8. The number of alkyl halides is 3. The molecule has 1 aromatic heterocycles. The van der Waals surface area contributed by atoms with E-state index in [1.165, 1.54) is 18.5 Å². The van der Waals surface area contributed by atoms with Crippen molar-refractivity contribution in [2.24, 2.45) is 0 Å². The first-order valence-corrected chi connectivity index (χ1v) is 6.97. The van der Waals surface area contributed by atoms with Crippen LogP contribution in [0.3, 0.4) is 0 Å². The third-order valence-corrected chi connectivity index (χ3v) is 3.71. The second-order valence-corrected chi connectivity index (χ2v) is 5.09. The first kappa shape index (κ1) is 14.6. The Balaban J connectivity index is 1.69. The minimum atomic E-state index is -4.31. The lowest BCUT2D eigenvalue weighted by Crippen LogP contribution is -2.46. The summed E-state index contributed by atoms with van der Waals surface area (Å²) in [5.74, 6) is 0.846. The van der Waals surface area contributed by atoms with Crippen molar-refractivity contribution in [2.75, 3.05) is 36.0 Å². The van der Waals surface area contributed by atoms with Crippen LogP contribution >= 0.6 is 0 Å². The van der Waals surface area contributed by atoms with Gasteiger partial charge in [0, 0.05) is 38.1 Å². The molecule has 1 aromatic carbocycles. The number of benzene rings is 1. The van der Waals surface area contributed by atoms with Gasteiger partial charge in [-0.05, 0) is 24.3 Å². The average Bonchev–Trinajstić information content (AvgIpc) is 2.55. The summed E-state index contributed by atoms with van der Waals surface area (Å²) in [6, 6.07) is 7.31. The number of piperazine rings is 1. The van der Waals surface area contributed by atoms with Gasteiger partial charge in [-0.2, -0.15) is 13.2 Å². The Morgan fingerprint density at radius 2 is 1.68 bits per heavy atom. The Kier molecular flexibility index (Phi) is 3.87. The van der Waals surface area contributed by atoms with Gasteiger partial charge in [-0.1, -0.05) is 6.07 Å². The molecule has 1 saturated heterocycles. The molecule has 2 heterocycles. The summed E-state index contributed by atoms with van der Waals surface area (Å²) in [6.07, 6.45) is -1.13. The molecule has 4 nitrogen and oxygen atoms in total. The molecular formula is C15H15F3N4. The van der Waals surface area contributed by atoms with Crippen LogP contribution < -0.4 is 9.80 Å². The van der Waals surface area contributed by atoms with Crippen LogP contribution in [0.4, 0.5) is 24.7 Å². The fourth-order valence-corrected chi connectivity index (χ4v) is 2.54. The summed E-state index contributed by atoms with van der Waals surface area (Å²) in [5, 5.41) is 0. The zero-order valence-electron chi connectivity index (χ0n) is 11.8. The van der Waals surface area contributed by atoms with Gasteiger partial charge in [0.15, 0.2) is 0 Å². The first-order chi connectivity index (χ1) is 10.5. The van der Waals surface area contributed by atoms with E-state index in [4.69, 9.17) is 0 Å². The summed E-state index contributed by atoms with van der Waals surface area (Å²) in [5.41, 5.74) is 0.000363. The molecule has 22 heavy (non-hydrogen) atoms. The molecule has 1 fully saturated rings. The van der Waals surface area contributed by atoms with E-state index in [2.05, 4.69) is 14.9 Å². The van der Waals surface area contributed by atoms with Crippen molar-refractivity contribution in [2.45, 2.75) is 6.18 Å². The fourth-order valence-electron chi connectivity index (χ4n) is 2.54. The Hall–Kier alpha value is -2.31. The van der Waals surface area contributed by atoms with Crippen LogP contribution in [0.15, 0.2) is 42.9 Å². The quantitative estimate of drug-likeness (QED) is 0.854. The van der Waals surface area contributed by atoms with Crippen LogP contribution in [0, 0.1) is 0 Å². The minimum absolute atomic E-state index is 0.608. The fraction of sp³-hybridized carbons (Fsp3) is 0.333. The number of anilines is 2. The first-order valence-electron chi connectivity index (χ1n) is 6.97. The van der Waals surface area contributed by atoms with Gasteiger partial charge in [-0.25, -0.2) is 9.97 Å². The van der Waals surface area contributed by atoms with E-state index < -0.39 is 11.7 Å². The van der Waals surface area contributed by atoms with E-state index in [1.807, 2.05) is 11.0 Å². The highest BCUT2D eigenvalue weighted by Crippen LogP contribution is 2.32. The van der Waals surface area contributed by atoms with Crippen molar-refractivity contribution >= 4 is 11.5 Å². The SMILES string of the molecule is FC(F)(F)c1cccc(N2CCN(c3ccncn3)CC2)c1. The molecule has 0 saturated carbocycles. The minimum Gasteiger partial charge on any atom is -0.368 e. The predicted molar refractivity (Wildman–Crippen MR) is 77.9 cm³/mol. The summed E-state index contributed by atoms with van der Waals surface area (Å²) >= 11 is 0. The largest absolute Gasteiger partial charge is 0.416 e. The van der Waals surface area contributed by atoms with E-state index in [1.54, 1.807) is 12.3 Å². The van der Waals surface area contributed by atoms with E-state index in [-0.39, 0.29) is 0 Å². The highest BCUT2D eigenvalue weighted by Gasteiger charge is 2.31. The van der Waals surface area contributed by atoms with Crippen LogP contribution in [0.2, 0.25) is 0 Å². The molecule has 0 unspecified atom stereocenters. The zero-order chi connectivity index (χ0) is 15.6. The molecule has 116 valence electrons. The maximum Gasteiger partial charge on any atom is 0.416 e. The number of hydrogen-bond donors (Lipinski definition) is 0. The van der Waals surface area contributed by atoms with E-state index >= 15 is 0 Å². The Labute approximate surface area is 126 Å². The molecule has 0 N–H and O–H groups in total. The van der Waals surface area contributed by atoms with E-state index in [0.29, 0.717) is 31.9 Å². The highest BCUT2D eigenvalue weighted by atomic mass is 19.4. The number of rotatable bonds is 2. The van der Waals surface area contributed by atoms with Crippen LogP contribution in [0.5, 0.6) is 0 Å². The lowest BCUT2D eigenvalue weighted by Gasteiger charge is -2.36. The Morgan fingerprint density at radius 1 is 0.955 bits per heavy atom. The number of hydrogen-bond acceptors (Lipinski definition) is 4. The van der Waals surface area contributed by atoms with Gasteiger partial charge in [0.25, 0.3) is 0 Å². The van der Waals surface area contributed by atoms with Gasteiger partial charge >= 0.3 is 6.18 Å². The maximum atomic E-state index is 12.8. The summed E-state index contributed by atoms with van der Waals surface area (Å²) in [7, 11) is 0. The number of halogens is 3. The summed E-state index contributed by atoms with van der Waals surface area (Å²) < 4.78 is 38.3. The van der Waals surface area contributed by atoms with E-state index in [9.17, 15) is 13.2 Å². The van der Waals surface area contributed by atoms with Gasteiger partial charge in [0.2, 0.25) is 0 Å². The molecule has 3 rings (SSSR count). The molecule has 1 aliphatic heterocycles. The van der Waals surface area contributed by atoms with Gasteiger partial charge in [-0.15, -0.1) is 0 Å². The monoisotopic (exact) mass is 308 g/mol. The molecule has 7 heteroatoms. The topological polar surface area (TPSA) is 32.3 Å². The van der Waals surface area contributed by atoms with E-state index in [0.717, 1.165) is 11.9 Å². The molecule has 0 radical (unpaired) electrons. The molecule has 0 spiro atoms. The van der Waals surface area contributed by atoms with Crippen LogP contribution in [0.25, 0.3) is 0 Å². The number of aromatic nitrogens is 2. The van der Waals surface area contributed by atoms with Gasteiger partial charge in [-0.3, -0.25) is 0 Å². The Morgan fingerprint density at radius 3 is 2.32 bits per heavy atom. The smallest absolute Gasteiger partial charge is 0.368 e. The number of nitrogens with zero attached hydrogens (tertiary/aromatic N) is 4. The molecule has 0 bridgehead atoms. The van der Waals surface area contributed by atoms with Crippen molar-refractivity contribution in [3.05, 3.63) is 48.4 Å². The lowest BCUT2D eigenvalue weighted by atomic mass is 10.1. The van der Waals surface area contributed by atoms with Crippen molar-refractivity contribution in [3.63, 3.8) is 0 Å². The molecule has 0 amide bonds. The maximum absolute atomic E-state index is 12.8. The molecular weight excluding hydrogens is 293 g/mol. The predicted octanol–water partition coefficient (Wildman–Crippen LogP) is 2.82. The highest BCUT2D eigenvalue weighted by molar-refractivity contribution is 5.51. The van der Waals surface area contributed by atoms with Gasteiger partial charge in [0.05, 0.1) is 5.56 Å². The van der Waals surface area contributed by atoms with Gasteiger partial charge < -0.3 is 9.80 Å². The summed E-state index contributed by atoms with van der Waals surface area (Å²) in [4.78, 5) is 12.1. The standard InChI is InChI=1S/C15H15F3N4/c16-15(17,18)12-2-1-3-13(10-12)21-6-8-22(9-7-21)14-4-5-19-11-20-14/h1-5,10-11H,6-9H2. The third kappa shape index (κ3) is 3.13. The second-order valence-electron chi connectivity index (χ2n) is 5.09. The van der Waals surface area contributed by atoms with Crippen molar-refractivity contribution in [1.82, 2.24) is 9.97 Å². The van der Waals surface area contributed by atoms with Crippen molar-refractivity contribution < 1.29 is 13.2 Å². The van der Waals surface area contributed by atoms with Crippen molar-refractivity contribution in [3.8, 4) is 0 Å². The molecule has 2 aromatic rings. The van der Waals surface area contributed by atoms with Gasteiger partial charge in [0.1, 0.15) is 12.1 Å². The normalized spacial score (nSPS) is 16.0. The molecule has 1 aliphatic rings. The second kappa shape index (κ2) is 5.82. The average molecular weight is 308 g/mol. The molecule has 0 atom stereocenters. The third-order valence-electron chi connectivity index (χ3n) is 3.71. The van der Waals surface area contributed by atoms with Crippen molar-refractivity contribution in [1.29, 1.82) is 0 Å². The molecule has 0 aliphatic carbocycles. The van der Waals surface area contributed by atoms with Crippen LogP contribution in [-0.4, -0.2) is 36.1 Å².